The van der Waals surface area contributed by atoms with E-state index in [9.17, 15) is 4.79 Å². The fourth-order valence-electron chi connectivity index (χ4n) is 3.02. The van der Waals surface area contributed by atoms with Gasteiger partial charge in [0.15, 0.2) is 5.82 Å². The zero-order chi connectivity index (χ0) is 21.3. The predicted octanol–water partition coefficient (Wildman–Crippen LogP) is 6.22. The van der Waals surface area contributed by atoms with Crippen LogP contribution in [0.2, 0.25) is 5.02 Å². The van der Waals surface area contributed by atoms with Gasteiger partial charge in [0, 0.05) is 20.7 Å². The van der Waals surface area contributed by atoms with Crippen LogP contribution in [-0.2, 0) is 0 Å². The molecule has 7 heteroatoms. The Labute approximate surface area is 187 Å². The maximum atomic E-state index is 12.9. The van der Waals surface area contributed by atoms with E-state index in [1.165, 1.54) is 0 Å². The summed E-state index contributed by atoms with van der Waals surface area (Å²) in [5.74, 6) is 0.277. The normalized spacial score (nSPS) is 10.8. The highest BCUT2D eigenvalue weighted by atomic mass is 79.9. The highest BCUT2D eigenvalue weighted by molar-refractivity contribution is 9.10. The molecule has 1 aromatic heterocycles. The van der Waals surface area contributed by atoms with E-state index >= 15 is 0 Å². The second-order valence-electron chi connectivity index (χ2n) is 6.86. The fraction of sp³-hybridized carbons (Fsp3) is 0.0870. The Kier molecular flexibility index (Phi) is 5.70. The van der Waals surface area contributed by atoms with Crippen LogP contribution in [0.4, 0.5) is 5.69 Å². The summed E-state index contributed by atoms with van der Waals surface area (Å²) in [7, 11) is 0. The number of halogens is 2. The molecule has 0 radical (unpaired) electrons. The molecule has 0 atom stereocenters. The third-order valence-corrected chi connectivity index (χ3v) is 5.62. The lowest BCUT2D eigenvalue weighted by atomic mass is 10.1. The molecule has 4 rings (SSSR count). The van der Waals surface area contributed by atoms with Crippen LogP contribution in [-0.4, -0.2) is 20.7 Å². The first-order valence-corrected chi connectivity index (χ1v) is 10.5. The molecule has 1 N–H and O–H groups in total. The minimum Gasteiger partial charge on any atom is -0.319 e. The summed E-state index contributed by atoms with van der Waals surface area (Å²) in [5.41, 5.74) is 4.45. The highest BCUT2D eigenvalue weighted by Crippen LogP contribution is 2.25. The summed E-state index contributed by atoms with van der Waals surface area (Å²) in [5, 5.41) is 8.05. The van der Waals surface area contributed by atoms with Crippen molar-refractivity contribution < 1.29 is 4.79 Å². The first-order chi connectivity index (χ1) is 14.4. The molecule has 0 bridgehead atoms. The zero-order valence-corrected chi connectivity index (χ0v) is 18.7. The second-order valence-corrected chi connectivity index (χ2v) is 8.21. The maximum Gasteiger partial charge on any atom is 0.295 e. The number of aryl methyl sites for hydroxylation is 1. The second kappa shape index (κ2) is 8.42. The van der Waals surface area contributed by atoms with E-state index in [2.05, 4.69) is 31.3 Å². The monoisotopic (exact) mass is 480 g/mol. The highest BCUT2D eigenvalue weighted by Gasteiger charge is 2.19. The molecule has 1 amide bonds. The molecular formula is C23H18BrClN4O. The molecule has 0 saturated heterocycles. The number of aromatic nitrogens is 3. The van der Waals surface area contributed by atoms with Gasteiger partial charge in [-0.15, -0.1) is 5.10 Å². The van der Waals surface area contributed by atoms with Crippen LogP contribution >= 0.6 is 27.5 Å². The summed E-state index contributed by atoms with van der Waals surface area (Å²) >= 11 is 9.48. The molecule has 0 aliphatic rings. The largest absolute Gasteiger partial charge is 0.319 e. The Morgan fingerprint density at radius 2 is 1.70 bits per heavy atom. The van der Waals surface area contributed by atoms with Gasteiger partial charge in [-0.25, -0.2) is 9.67 Å². The average molecular weight is 482 g/mol. The molecular weight excluding hydrogens is 464 g/mol. The van der Waals surface area contributed by atoms with Gasteiger partial charge in [-0.1, -0.05) is 39.7 Å². The molecule has 1 heterocycles. The summed E-state index contributed by atoms with van der Waals surface area (Å²) in [4.78, 5) is 17.5. The van der Waals surface area contributed by atoms with Crippen LogP contribution in [0.5, 0.6) is 0 Å². The van der Waals surface area contributed by atoms with Crippen molar-refractivity contribution >= 4 is 39.1 Å². The maximum absolute atomic E-state index is 12.9. The number of carbonyl (C=O) groups excluding carboxylic acids is 1. The van der Waals surface area contributed by atoms with Crippen LogP contribution in [0, 0.1) is 13.8 Å². The Morgan fingerprint density at radius 3 is 2.40 bits per heavy atom. The van der Waals surface area contributed by atoms with Crippen LogP contribution in [0.15, 0.2) is 71.2 Å². The van der Waals surface area contributed by atoms with Gasteiger partial charge in [0.1, 0.15) is 0 Å². The van der Waals surface area contributed by atoms with Crippen LogP contribution < -0.4 is 5.32 Å². The van der Waals surface area contributed by atoms with Crippen molar-refractivity contribution in [2.45, 2.75) is 13.8 Å². The third-order valence-electron chi connectivity index (χ3n) is 4.84. The third kappa shape index (κ3) is 4.15. The van der Waals surface area contributed by atoms with E-state index in [0.29, 0.717) is 10.8 Å². The minimum atomic E-state index is -0.366. The molecule has 0 spiro atoms. The van der Waals surface area contributed by atoms with E-state index in [-0.39, 0.29) is 11.7 Å². The van der Waals surface area contributed by atoms with Gasteiger partial charge >= 0.3 is 0 Å². The number of amides is 1. The Bertz CT molecular complexity index is 1150. The molecule has 3 aromatic carbocycles. The Morgan fingerprint density at radius 1 is 1.00 bits per heavy atom. The number of hydrogen-bond donors (Lipinski definition) is 1. The number of benzene rings is 3. The Balaban J connectivity index is 1.76. The summed E-state index contributed by atoms with van der Waals surface area (Å²) in [6.07, 6.45) is 0. The number of hydrogen-bond acceptors (Lipinski definition) is 3. The molecule has 150 valence electrons. The van der Waals surface area contributed by atoms with Crippen LogP contribution in [0.25, 0.3) is 17.1 Å². The van der Waals surface area contributed by atoms with Crippen molar-refractivity contribution in [1.82, 2.24) is 14.8 Å². The topological polar surface area (TPSA) is 59.8 Å². The predicted molar refractivity (Wildman–Crippen MR) is 123 cm³/mol. The lowest BCUT2D eigenvalue weighted by Gasteiger charge is -2.08. The van der Waals surface area contributed by atoms with E-state index in [4.69, 9.17) is 11.6 Å². The Hall–Kier alpha value is -2.96. The van der Waals surface area contributed by atoms with Gasteiger partial charge in [0.2, 0.25) is 5.82 Å². The molecule has 0 fully saturated rings. The molecule has 0 unspecified atom stereocenters. The number of nitrogens with zero attached hydrogens (tertiary/aromatic N) is 3. The average Bonchev–Trinajstić information content (AvgIpc) is 3.18. The van der Waals surface area contributed by atoms with Crippen molar-refractivity contribution in [3.8, 4) is 17.1 Å². The molecule has 0 aliphatic heterocycles. The fourth-order valence-corrected chi connectivity index (χ4v) is 3.41. The van der Waals surface area contributed by atoms with Gasteiger partial charge in [0.25, 0.3) is 5.91 Å². The van der Waals surface area contributed by atoms with Crippen molar-refractivity contribution in [3.05, 3.63) is 93.2 Å². The van der Waals surface area contributed by atoms with Gasteiger partial charge in [-0.3, -0.25) is 4.79 Å². The molecule has 0 saturated carbocycles. The summed E-state index contributed by atoms with van der Waals surface area (Å²) < 4.78 is 2.61. The van der Waals surface area contributed by atoms with Crippen LogP contribution in [0.3, 0.4) is 0 Å². The van der Waals surface area contributed by atoms with E-state index in [1.807, 2.05) is 68.4 Å². The summed E-state index contributed by atoms with van der Waals surface area (Å²) in [6, 6.07) is 20.7. The van der Waals surface area contributed by atoms with Gasteiger partial charge in [-0.05, 0) is 79.6 Å². The number of carbonyl (C=O) groups is 1. The van der Waals surface area contributed by atoms with Gasteiger partial charge in [-0.2, -0.15) is 0 Å². The molecule has 30 heavy (non-hydrogen) atoms. The first kappa shape index (κ1) is 20.3. The first-order valence-electron chi connectivity index (χ1n) is 9.29. The van der Waals surface area contributed by atoms with E-state index in [1.54, 1.807) is 16.8 Å². The number of nitrogens with one attached hydrogen (secondary N) is 1. The van der Waals surface area contributed by atoms with E-state index < -0.39 is 0 Å². The smallest absolute Gasteiger partial charge is 0.295 e. The minimum absolute atomic E-state index is 0.0868. The van der Waals surface area contributed by atoms with E-state index in [0.717, 1.165) is 32.5 Å². The van der Waals surface area contributed by atoms with Crippen molar-refractivity contribution in [2.24, 2.45) is 0 Å². The van der Waals surface area contributed by atoms with Gasteiger partial charge < -0.3 is 5.32 Å². The zero-order valence-electron chi connectivity index (χ0n) is 16.4. The molecule has 0 aliphatic carbocycles. The lowest BCUT2D eigenvalue weighted by Crippen LogP contribution is -2.15. The number of anilines is 1. The number of rotatable bonds is 4. The SMILES string of the molecule is Cc1cccc(NC(=O)c2nc(-c3ccc(Cl)cc3)n(-c3ccc(Br)cc3)n2)c1C. The summed E-state index contributed by atoms with van der Waals surface area (Å²) in [6.45, 7) is 3.97. The lowest BCUT2D eigenvalue weighted by molar-refractivity contribution is 0.101. The van der Waals surface area contributed by atoms with Crippen molar-refractivity contribution in [3.63, 3.8) is 0 Å². The quantitative estimate of drug-likeness (QED) is 0.376. The standard InChI is InChI=1S/C23H18BrClN4O/c1-14-4-3-5-20(15(14)2)26-23(30)21-27-22(16-6-10-18(25)11-7-16)29(28-21)19-12-8-17(24)9-13-19/h3-13H,1-2H3,(H,26,30). The molecule has 4 aromatic rings. The van der Waals surface area contributed by atoms with Crippen molar-refractivity contribution in [2.75, 3.05) is 5.32 Å². The van der Waals surface area contributed by atoms with Gasteiger partial charge in [0.05, 0.1) is 5.69 Å². The van der Waals surface area contributed by atoms with Crippen molar-refractivity contribution in [1.29, 1.82) is 0 Å². The molecule has 5 nitrogen and oxygen atoms in total. The van der Waals surface area contributed by atoms with Crippen LogP contribution in [0.1, 0.15) is 21.7 Å².